The summed E-state index contributed by atoms with van der Waals surface area (Å²) in [4.78, 5) is 23.0. The largest absolute Gasteiger partial charge is 0.503 e. The maximum Gasteiger partial charge on any atom is 0.280 e. The van der Waals surface area contributed by atoms with Gasteiger partial charge in [-0.15, -0.1) is 0 Å². The molecule has 0 radical (unpaired) electrons. The molecule has 0 fully saturated rings. The highest BCUT2D eigenvalue weighted by molar-refractivity contribution is 9.10. The summed E-state index contributed by atoms with van der Waals surface area (Å²) in [5.74, 6) is -0.122. The van der Waals surface area contributed by atoms with Crippen LogP contribution in [0.1, 0.15) is 12.5 Å². The molecule has 0 atom stereocenters. The van der Waals surface area contributed by atoms with E-state index in [1.54, 1.807) is 25.1 Å². The second kappa shape index (κ2) is 7.20. The van der Waals surface area contributed by atoms with E-state index in [4.69, 9.17) is 4.74 Å². The van der Waals surface area contributed by atoms with Crippen molar-refractivity contribution in [3.8, 4) is 11.5 Å². The van der Waals surface area contributed by atoms with Gasteiger partial charge in [-0.25, -0.2) is 0 Å². The first-order chi connectivity index (χ1) is 12.8. The zero-order valence-corrected chi connectivity index (χ0v) is 15.9. The molecule has 0 saturated heterocycles. The second-order valence-corrected chi connectivity index (χ2v) is 6.54. The Morgan fingerprint density at radius 2 is 1.96 bits per heavy atom. The second-order valence-electron chi connectivity index (χ2n) is 5.69. The number of hydrogen-bond donors (Lipinski definition) is 1. The zero-order chi connectivity index (χ0) is 19.7. The summed E-state index contributed by atoms with van der Waals surface area (Å²) in [5.41, 5.74) is 1.87. The number of hydrazone groups is 1. The lowest BCUT2D eigenvalue weighted by Gasteiger charge is -2.11. The molecule has 0 spiro atoms. The lowest BCUT2D eigenvalue weighted by molar-refractivity contribution is -0.384. The number of hydrogen-bond acceptors (Lipinski definition) is 6. The van der Waals surface area contributed by atoms with Crippen molar-refractivity contribution in [2.75, 3.05) is 12.1 Å². The number of anilines is 1. The molecule has 1 amide bonds. The normalized spacial score (nSPS) is 15.2. The predicted octanol–water partition coefficient (Wildman–Crippen LogP) is 3.88. The Morgan fingerprint density at radius 3 is 2.56 bits per heavy atom. The van der Waals surface area contributed by atoms with Crippen molar-refractivity contribution < 1.29 is 19.6 Å². The third-order valence-electron chi connectivity index (χ3n) is 3.95. The molecule has 1 N–H and O–H groups in total. The minimum atomic E-state index is -0.508. The van der Waals surface area contributed by atoms with Crippen LogP contribution in [0.15, 0.2) is 51.5 Å². The minimum Gasteiger partial charge on any atom is -0.503 e. The fraction of sp³-hybridized carbons (Fsp3) is 0.111. The first-order valence-corrected chi connectivity index (χ1v) is 8.54. The molecular weight excluding hydrogens is 418 g/mol. The Balaban J connectivity index is 1.94. The number of amides is 1. The number of carbonyl (C=O) groups is 1. The molecule has 0 aliphatic carbocycles. The van der Waals surface area contributed by atoms with Crippen molar-refractivity contribution >= 4 is 45.0 Å². The highest BCUT2D eigenvalue weighted by Gasteiger charge is 2.29. The molecule has 1 heterocycles. The van der Waals surface area contributed by atoms with Gasteiger partial charge in [0.2, 0.25) is 0 Å². The molecule has 2 aromatic rings. The molecular formula is C18H14BrN3O5. The number of phenols is 1. The first kappa shape index (κ1) is 18.6. The van der Waals surface area contributed by atoms with Crippen molar-refractivity contribution in [3.63, 3.8) is 0 Å². The highest BCUT2D eigenvalue weighted by Crippen LogP contribution is 2.36. The van der Waals surface area contributed by atoms with Crippen molar-refractivity contribution in [3.05, 3.63) is 62.1 Å². The summed E-state index contributed by atoms with van der Waals surface area (Å²) in [6, 6.07) is 8.82. The molecule has 138 valence electrons. The van der Waals surface area contributed by atoms with Crippen LogP contribution in [0.2, 0.25) is 0 Å². The van der Waals surface area contributed by atoms with Gasteiger partial charge in [-0.2, -0.15) is 10.1 Å². The number of methoxy groups -OCH3 is 1. The van der Waals surface area contributed by atoms with Crippen LogP contribution < -0.4 is 9.75 Å². The Labute approximate surface area is 162 Å². The Kier molecular flexibility index (Phi) is 4.95. The van der Waals surface area contributed by atoms with E-state index in [9.17, 15) is 20.0 Å². The van der Waals surface area contributed by atoms with E-state index in [0.29, 0.717) is 27.0 Å². The van der Waals surface area contributed by atoms with Gasteiger partial charge in [0.1, 0.15) is 0 Å². The molecule has 0 unspecified atom stereocenters. The van der Waals surface area contributed by atoms with Gasteiger partial charge in [-0.05, 0) is 58.8 Å². The molecule has 0 bridgehead atoms. The Hall–Kier alpha value is -3.20. The molecule has 2 aromatic carbocycles. The summed E-state index contributed by atoms with van der Waals surface area (Å²) in [6.07, 6.45) is 1.64. The van der Waals surface area contributed by atoms with Gasteiger partial charge in [0.05, 0.1) is 33.5 Å². The van der Waals surface area contributed by atoms with E-state index in [0.717, 1.165) is 0 Å². The van der Waals surface area contributed by atoms with E-state index < -0.39 is 4.92 Å². The number of aromatic hydroxyl groups is 1. The van der Waals surface area contributed by atoms with Crippen molar-refractivity contribution in [1.82, 2.24) is 0 Å². The summed E-state index contributed by atoms with van der Waals surface area (Å²) in [5, 5.41) is 26.1. The number of nitrogens with zero attached hydrogens (tertiary/aromatic N) is 3. The highest BCUT2D eigenvalue weighted by atomic mass is 79.9. The topological polar surface area (TPSA) is 105 Å². The SMILES string of the molecule is COc1cc(/C=C2/C(=O)N(c3ccc([N+](=O)[O-])cc3)N=C2C)cc(Br)c1O. The van der Waals surface area contributed by atoms with Gasteiger partial charge in [0, 0.05) is 12.1 Å². The molecule has 1 aliphatic rings. The Bertz CT molecular complexity index is 999. The monoisotopic (exact) mass is 431 g/mol. The number of halogens is 1. The van der Waals surface area contributed by atoms with Crippen LogP contribution in [0.4, 0.5) is 11.4 Å². The first-order valence-electron chi connectivity index (χ1n) is 7.74. The van der Waals surface area contributed by atoms with Gasteiger partial charge in [0.25, 0.3) is 11.6 Å². The van der Waals surface area contributed by atoms with E-state index in [1.807, 2.05) is 0 Å². The fourth-order valence-electron chi connectivity index (χ4n) is 2.57. The van der Waals surface area contributed by atoms with Crippen LogP contribution in [-0.4, -0.2) is 28.8 Å². The number of nitro groups is 1. The quantitative estimate of drug-likeness (QED) is 0.449. The molecule has 27 heavy (non-hydrogen) atoms. The molecule has 0 saturated carbocycles. The van der Waals surface area contributed by atoms with Gasteiger partial charge in [-0.1, -0.05) is 0 Å². The molecule has 1 aliphatic heterocycles. The number of non-ortho nitro benzene ring substituents is 1. The average molecular weight is 432 g/mol. The number of nitro benzene ring substituents is 1. The predicted molar refractivity (Wildman–Crippen MR) is 104 cm³/mol. The van der Waals surface area contributed by atoms with E-state index in [1.165, 1.54) is 36.4 Å². The Morgan fingerprint density at radius 1 is 1.30 bits per heavy atom. The van der Waals surface area contributed by atoms with E-state index in [2.05, 4.69) is 21.0 Å². The number of carbonyl (C=O) groups excluding carboxylic acids is 1. The van der Waals surface area contributed by atoms with Crippen LogP contribution in [-0.2, 0) is 4.79 Å². The summed E-state index contributed by atoms with van der Waals surface area (Å²) in [7, 11) is 1.43. The standard InChI is InChI=1S/C18H14BrN3O5/c1-10-14(7-11-8-15(19)17(23)16(9-11)27-2)18(24)21(20-10)12-3-5-13(6-4-12)22(25)26/h3-9,23H,1-2H3/b14-7+. The smallest absolute Gasteiger partial charge is 0.280 e. The van der Waals surface area contributed by atoms with Crippen molar-refractivity contribution in [2.45, 2.75) is 6.92 Å². The number of ether oxygens (including phenoxy) is 1. The number of phenolic OH excluding ortho intramolecular Hbond substituents is 1. The van der Waals surface area contributed by atoms with Crippen LogP contribution in [0.5, 0.6) is 11.5 Å². The minimum absolute atomic E-state index is 0.0321. The fourth-order valence-corrected chi connectivity index (χ4v) is 3.03. The average Bonchev–Trinajstić information content (AvgIpc) is 2.92. The third-order valence-corrected chi connectivity index (χ3v) is 4.55. The summed E-state index contributed by atoms with van der Waals surface area (Å²) in [6.45, 7) is 1.70. The van der Waals surface area contributed by atoms with Crippen LogP contribution in [0.25, 0.3) is 6.08 Å². The third kappa shape index (κ3) is 3.54. The van der Waals surface area contributed by atoms with E-state index >= 15 is 0 Å². The molecule has 8 nitrogen and oxygen atoms in total. The van der Waals surface area contributed by atoms with Crippen LogP contribution >= 0.6 is 15.9 Å². The summed E-state index contributed by atoms with van der Waals surface area (Å²) >= 11 is 3.24. The maximum absolute atomic E-state index is 12.8. The van der Waals surface area contributed by atoms with Gasteiger partial charge < -0.3 is 9.84 Å². The van der Waals surface area contributed by atoms with Crippen LogP contribution in [0, 0.1) is 10.1 Å². The maximum atomic E-state index is 12.8. The zero-order valence-electron chi connectivity index (χ0n) is 14.3. The number of benzene rings is 2. The van der Waals surface area contributed by atoms with Gasteiger partial charge >= 0.3 is 0 Å². The lowest BCUT2D eigenvalue weighted by atomic mass is 10.1. The van der Waals surface area contributed by atoms with Crippen LogP contribution in [0.3, 0.4) is 0 Å². The van der Waals surface area contributed by atoms with Crippen molar-refractivity contribution in [2.24, 2.45) is 5.10 Å². The lowest BCUT2D eigenvalue weighted by Crippen LogP contribution is -2.21. The van der Waals surface area contributed by atoms with E-state index in [-0.39, 0.29) is 23.1 Å². The van der Waals surface area contributed by atoms with Crippen molar-refractivity contribution in [1.29, 1.82) is 0 Å². The molecule has 0 aromatic heterocycles. The molecule has 3 rings (SSSR count). The molecule has 9 heteroatoms. The van der Waals surface area contributed by atoms with Gasteiger partial charge in [0.15, 0.2) is 11.5 Å². The number of rotatable bonds is 4. The van der Waals surface area contributed by atoms with Gasteiger partial charge in [-0.3, -0.25) is 14.9 Å². The summed E-state index contributed by atoms with van der Waals surface area (Å²) < 4.78 is 5.55.